The van der Waals surface area contributed by atoms with Crippen LogP contribution in [0, 0.1) is 0 Å². The fraction of sp³-hybridized carbons (Fsp3) is 0. The number of thiocarbonyl (C=S) groups is 1. The standard InChI is InChI=1S/C22H13Cl2N3O3S/c23-17-10-4-9-16(18(17)24)19(28)26-22(31)25-12-5-3-6-13(11-12)27-20(29)14-7-1-2-8-15(14)21(27)30/h1-11H,(H2,25,26,28,31). The number of imide groups is 1. The van der Waals surface area contributed by atoms with Gasteiger partial charge in [-0.25, -0.2) is 4.90 Å². The molecule has 154 valence electrons. The molecule has 0 saturated heterocycles. The average Bonchev–Trinajstić information content (AvgIpc) is 3.00. The number of benzene rings is 3. The molecule has 0 fully saturated rings. The summed E-state index contributed by atoms with van der Waals surface area (Å²) < 4.78 is 0. The number of nitrogens with one attached hydrogen (secondary N) is 2. The molecule has 0 bridgehead atoms. The molecule has 1 aliphatic rings. The van der Waals surface area contributed by atoms with Gasteiger partial charge in [0.05, 0.1) is 32.4 Å². The van der Waals surface area contributed by atoms with Crippen LogP contribution in [0.1, 0.15) is 31.1 Å². The van der Waals surface area contributed by atoms with Gasteiger partial charge in [-0.05, 0) is 54.7 Å². The second kappa shape index (κ2) is 8.47. The van der Waals surface area contributed by atoms with E-state index in [1.807, 2.05) is 0 Å². The van der Waals surface area contributed by atoms with E-state index < -0.39 is 17.7 Å². The minimum absolute atomic E-state index is 0.0144. The molecule has 0 radical (unpaired) electrons. The van der Waals surface area contributed by atoms with Gasteiger partial charge in [0, 0.05) is 5.69 Å². The summed E-state index contributed by atoms with van der Waals surface area (Å²) in [5.41, 5.74) is 1.75. The maximum atomic E-state index is 12.7. The topological polar surface area (TPSA) is 78.5 Å². The Labute approximate surface area is 192 Å². The highest BCUT2D eigenvalue weighted by molar-refractivity contribution is 7.80. The van der Waals surface area contributed by atoms with E-state index in [0.717, 1.165) is 4.90 Å². The summed E-state index contributed by atoms with van der Waals surface area (Å²) >= 11 is 17.2. The van der Waals surface area contributed by atoms with E-state index in [-0.39, 0.29) is 20.7 Å². The van der Waals surface area contributed by atoms with Crippen molar-refractivity contribution < 1.29 is 14.4 Å². The molecule has 4 rings (SSSR count). The number of carbonyl (C=O) groups excluding carboxylic acids is 3. The summed E-state index contributed by atoms with van der Waals surface area (Å²) in [7, 11) is 0. The summed E-state index contributed by atoms with van der Waals surface area (Å²) in [6.07, 6.45) is 0. The van der Waals surface area contributed by atoms with Crippen LogP contribution >= 0.6 is 35.4 Å². The molecule has 3 amide bonds. The normalized spacial score (nSPS) is 12.5. The Balaban J connectivity index is 1.50. The predicted molar refractivity (Wildman–Crippen MR) is 124 cm³/mol. The number of hydrogen-bond acceptors (Lipinski definition) is 4. The van der Waals surface area contributed by atoms with Crippen LogP contribution in [0.4, 0.5) is 11.4 Å². The van der Waals surface area contributed by atoms with Crippen LogP contribution in [0.15, 0.2) is 66.7 Å². The van der Waals surface area contributed by atoms with Crippen LogP contribution in [0.2, 0.25) is 10.0 Å². The first kappa shape index (κ1) is 21.0. The second-order valence-electron chi connectivity index (χ2n) is 6.55. The van der Waals surface area contributed by atoms with Crippen molar-refractivity contribution in [3.8, 4) is 0 Å². The summed E-state index contributed by atoms with van der Waals surface area (Å²) in [6.45, 7) is 0. The van der Waals surface area contributed by atoms with E-state index >= 15 is 0 Å². The molecule has 0 saturated carbocycles. The number of amides is 3. The quantitative estimate of drug-likeness (QED) is 0.420. The summed E-state index contributed by atoms with van der Waals surface area (Å²) in [4.78, 5) is 38.9. The van der Waals surface area contributed by atoms with Crippen molar-refractivity contribution in [1.29, 1.82) is 0 Å². The Kier molecular flexibility index (Phi) is 5.73. The van der Waals surface area contributed by atoms with Gasteiger partial charge in [-0.2, -0.15) is 0 Å². The van der Waals surface area contributed by atoms with Crippen molar-refractivity contribution in [2.24, 2.45) is 0 Å². The van der Waals surface area contributed by atoms with Crippen LogP contribution in [0.3, 0.4) is 0 Å². The number of rotatable bonds is 3. The van der Waals surface area contributed by atoms with Gasteiger partial charge in [0.25, 0.3) is 17.7 Å². The van der Waals surface area contributed by atoms with Gasteiger partial charge in [0.1, 0.15) is 0 Å². The summed E-state index contributed by atoms with van der Waals surface area (Å²) in [6, 6.07) is 17.9. The van der Waals surface area contributed by atoms with Crippen LogP contribution in [0.5, 0.6) is 0 Å². The molecule has 1 aliphatic heterocycles. The lowest BCUT2D eigenvalue weighted by Gasteiger charge is -2.16. The van der Waals surface area contributed by atoms with Gasteiger partial charge in [0.15, 0.2) is 5.11 Å². The average molecular weight is 470 g/mol. The Morgan fingerprint density at radius 1 is 0.871 bits per heavy atom. The third-order valence-electron chi connectivity index (χ3n) is 4.58. The van der Waals surface area contributed by atoms with Crippen LogP contribution in [-0.4, -0.2) is 22.8 Å². The molecule has 3 aromatic carbocycles. The number of hydrogen-bond donors (Lipinski definition) is 2. The van der Waals surface area contributed by atoms with Crippen molar-refractivity contribution in [2.75, 3.05) is 10.2 Å². The third kappa shape index (κ3) is 4.03. The zero-order valence-electron chi connectivity index (χ0n) is 15.7. The van der Waals surface area contributed by atoms with Gasteiger partial charge >= 0.3 is 0 Å². The Bertz CT molecular complexity index is 1230. The van der Waals surface area contributed by atoms with Crippen molar-refractivity contribution in [3.05, 3.63) is 93.5 Å². The molecule has 0 aliphatic carbocycles. The minimum atomic E-state index is -0.526. The first-order valence-electron chi connectivity index (χ1n) is 9.01. The van der Waals surface area contributed by atoms with Gasteiger partial charge in [-0.3, -0.25) is 19.7 Å². The summed E-state index contributed by atoms with van der Waals surface area (Å²) in [5.74, 6) is -1.32. The molecule has 2 N–H and O–H groups in total. The molecule has 31 heavy (non-hydrogen) atoms. The Hall–Kier alpha value is -3.26. The first-order chi connectivity index (χ1) is 14.9. The fourth-order valence-electron chi connectivity index (χ4n) is 3.16. The van der Waals surface area contributed by atoms with E-state index in [9.17, 15) is 14.4 Å². The SMILES string of the molecule is O=C(NC(=S)Nc1cccc(N2C(=O)c3ccccc3C2=O)c1)c1cccc(Cl)c1Cl. The first-order valence-corrected chi connectivity index (χ1v) is 10.2. The molecule has 9 heteroatoms. The highest BCUT2D eigenvalue weighted by atomic mass is 35.5. The van der Waals surface area contributed by atoms with Crippen molar-refractivity contribution in [1.82, 2.24) is 5.32 Å². The molecular formula is C22H13Cl2N3O3S. The monoisotopic (exact) mass is 469 g/mol. The highest BCUT2D eigenvalue weighted by Crippen LogP contribution is 2.30. The number of anilines is 2. The minimum Gasteiger partial charge on any atom is -0.332 e. The maximum absolute atomic E-state index is 12.7. The zero-order chi connectivity index (χ0) is 22.1. The molecule has 0 atom stereocenters. The lowest BCUT2D eigenvalue weighted by molar-refractivity contribution is 0.0924. The largest absolute Gasteiger partial charge is 0.332 e. The summed E-state index contributed by atoms with van der Waals surface area (Å²) in [5, 5.41) is 5.78. The molecule has 1 heterocycles. The smallest absolute Gasteiger partial charge is 0.266 e. The number of fused-ring (bicyclic) bond motifs is 1. The van der Waals surface area contributed by atoms with E-state index in [2.05, 4.69) is 10.6 Å². The van der Waals surface area contributed by atoms with E-state index in [4.69, 9.17) is 35.4 Å². The zero-order valence-corrected chi connectivity index (χ0v) is 18.0. The van der Waals surface area contributed by atoms with E-state index in [1.54, 1.807) is 60.7 Å². The lowest BCUT2D eigenvalue weighted by Crippen LogP contribution is -2.34. The predicted octanol–water partition coefficient (Wildman–Crippen LogP) is 4.92. The second-order valence-corrected chi connectivity index (χ2v) is 7.74. The Morgan fingerprint density at radius 3 is 2.19 bits per heavy atom. The molecular weight excluding hydrogens is 457 g/mol. The van der Waals surface area contributed by atoms with Gasteiger partial charge in [0.2, 0.25) is 0 Å². The highest BCUT2D eigenvalue weighted by Gasteiger charge is 2.36. The van der Waals surface area contributed by atoms with Crippen molar-refractivity contribution >= 4 is 69.6 Å². The van der Waals surface area contributed by atoms with Gasteiger partial charge < -0.3 is 5.32 Å². The lowest BCUT2D eigenvalue weighted by atomic mass is 10.1. The van der Waals surface area contributed by atoms with E-state index in [1.165, 1.54) is 6.07 Å². The number of carbonyl (C=O) groups is 3. The fourth-order valence-corrected chi connectivity index (χ4v) is 3.76. The number of halogens is 2. The maximum Gasteiger partial charge on any atom is 0.266 e. The van der Waals surface area contributed by atoms with Crippen LogP contribution in [-0.2, 0) is 0 Å². The molecule has 0 spiro atoms. The van der Waals surface area contributed by atoms with Gasteiger partial charge in [-0.15, -0.1) is 0 Å². The van der Waals surface area contributed by atoms with Crippen molar-refractivity contribution in [2.45, 2.75) is 0 Å². The van der Waals surface area contributed by atoms with E-state index in [0.29, 0.717) is 22.5 Å². The van der Waals surface area contributed by atoms with Crippen LogP contribution in [0.25, 0.3) is 0 Å². The molecule has 3 aromatic rings. The Morgan fingerprint density at radius 2 is 1.52 bits per heavy atom. The van der Waals surface area contributed by atoms with Crippen LogP contribution < -0.4 is 15.5 Å². The third-order valence-corrected chi connectivity index (χ3v) is 5.60. The molecule has 0 aromatic heterocycles. The number of nitrogens with zero attached hydrogens (tertiary/aromatic N) is 1. The van der Waals surface area contributed by atoms with Crippen molar-refractivity contribution in [3.63, 3.8) is 0 Å². The molecule has 6 nitrogen and oxygen atoms in total. The van der Waals surface area contributed by atoms with Gasteiger partial charge in [-0.1, -0.05) is 47.5 Å². The molecule has 0 unspecified atom stereocenters.